The Labute approximate surface area is 198 Å². The molecule has 5 rings (SSSR count). The molecule has 7 heteroatoms. The van der Waals surface area contributed by atoms with Gasteiger partial charge in [0.15, 0.2) is 5.11 Å². The average Bonchev–Trinajstić information content (AvgIpc) is 3.44. The van der Waals surface area contributed by atoms with E-state index in [-0.39, 0.29) is 12.1 Å². The lowest BCUT2D eigenvalue weighted by Crippen LogP contribution is -2.30. The molecule has 4 aromatic rings. The maximum Gasteiger partial charge on any atom is 0.174 e. The monoisotopic (exact) mass is 455 g/mol. The molecule has 0 radical (unpaired) electrons. The van der Waals surface area contributed by atoms with E-state index in [1.165, 1.54) is 0 Å². The Morgan fingerprint density at radius 1 is 1.00 bits per heavy atom. The number of hydrogen-bond acceptors (Lipinski definition) is 4. The second-order valence-electron chi connectivity index (χ2n) is 7.85. The maximum atomic E-state index is 5.84. The zero-order chi connectivity index (χ0) is 22.6. The van der Waals surface area contributed by atoms with Crippen LogP contribution in [-0.4, -0.2) is 26.3 Å². The molecule has 0 amide bonds. The summed E-state index contributed by atoms with van der Waals surface area (Å²) in [6.07, 6.45) is 7.63. The first kappa shape index (κ1) is 21.2. The molecule has 0 bridgehead atoms. The van der Waals surface area contributed by atoms with E-state index in [0.717, 1.165) is 34.9 Å². The second-order valence-corrected chi connectivity index (χ2v) is 8.23. The van der Waals surface area contributed by atoms with Crippen LogP contribution in [0.2, 0.25) is 0 Å². The third kappa shape index (κ3) is 4.32. The first-order chi connectivity index (χ1) is 16.2. The Kier molecular flexibility index (Phi) is 6.04. The zero-order valence-corrected chi connectivity index (χ0v) is 19.2. The summed E-state index contributed by atoms with van der Waals surface area (Å²) in [7, 11) is 0. The van der Waals surface area contributed by atoms with Gasteiger partial charge < -0.3 is 19.5 Å². The van der Waals surface area contributed by atoms with Gasteiger partial charge in [0.2, 0.25) is 0 Å². The maximum absolute atomic E-state index is 5.84. The van der Waals surface area contributed by atoms with Gasteiger partial charge in [0, 0.05) is 42.7 Å². The van der Waals surface area contributed by atoms with E-state index in [2.05, 4.69) is 61.3 Å². The topological polar surface area (TPSA) is 55.2 Å². The van der Waals surface area contributed by atoms with E-state index in [0.29, 0.717) is 11.7 Å². The van der Waals surface area contributed by atoms with Crippen molar-refractivity contribution in [3.8, 4) is 5.75 Å². The van der Waals surface area contributed by atoms with Gasteiger partial charge in [0.05, 0.1) is 18.3 Å². The van der Waals surface area contributed by atoms with Gasteiger partial charge in [0.25, 0.3) is 0 Å². The molecule has 1 saturated heterocycles. The van der Waals surface area contributed by atoms with Crippen molar-refractivity contribution in [2.75, 3.05) is 11.5 Å². The number of nitrogens with one attached hydrogen (secondary N) is 1. The molecule has 0 unspecified atom stereocenters. The van der Waals surface area contributed by atoms with E-state index >= 15 is 0 Å². The summed E-state index contributed by atoms with van der Waals surface area (Å²) in [6, 6.07) is 22.2. The van der Waals surface area contributed by atoms with Crippen LogP contribution in [0.15, 0.2) is 91.5 Å². The van der Waals surface area contributed by atoms with E-state index < -0.39 is 0 Å². The summed E-state index contributed by atoms with van der Waals surface area (Å²) >= 11 is 5.84. The molecule has 4 heterocycles. The van der Waals surface area contributed by atoms with Crippen LogP contribution < -0.4 is 15.0 Å². The summed E-state index contributed by atoms with van der Waals surface area (Å²) in [5, 5.41) is 4.20. The number of nitrogens with zero attached hydrogens (tertiary/aromatic N) is 4. The van der Waals surface area contributed by atoms with Gasteiger partial charge in [-0.25, -0.2) is 0 Å². The summed E-state index contributed by atoms with van der Waals surface area (Å²) in [5.41, 5.74) is 4.25. The van der Waals surface area contributed by atoms with Gasteiger partial charge in [-0.1, -0.05) is 12.1 Å². The Morgan fingerprint density at radius 3 is 2.61 bits per heavy atom. The Morgan fingerprint density at radius 2 is 1.88 bits per heavy atom. The van der Waals surface area contributed by atoms with Gasteiger partial charge in [-0.05, 0) is 79.3 Å². The third-order valence-corrected chi connectivity index (χ3v) is 6.08. The van der Waals surface area contributed by atoms with Crippen LogP contribution >= 0.6 is 12.2 Å². The third-order valence-electron chi connectivity index (χ3n) is 5.77. The van der Waals surface area contributed by atoms with Crippen LogP contribution in [0.5, 0.6) is 5.75 Å². The van der Waals surface area contributed by atoms with Crippen molar-refractivity contribution in [1.82, 2.24) is 19.9 Å². The SMILES string of the molecule is CCOc1ccc(N2C(=S)N[C@H](c3ccccn3)[C@H]2c2cccn2Cc2cccnc2)cc1. The van der Waals surface area contributed by atoms with Crippen LogP contribution in [0.25, 0.3) is 0 Å². The van der Waals surface area contributed by atoms with Crippen molar-refractivity contribution in [1.29, 1.82) is 0 Å². The lowest BCUT2D eigenvalue weighted by Gasteiger charge is -2.29. The van der Waals surface area contributed by atoms with Crippen molar-refractivity contribution < 1.29 is 4.74 Å². The van der Waals surface area contributed by atoms with Crippen LogP contribution in [0.3, 0.4) is 0 Å². The lowest BCUT2D eigenvalue weighted by atomic mass is 10.0. The molecule has 1 aromatic carbocycles. The molecular formula is C26H25N5OS. The van der Waals surface area contributed by atoms with Gasteiger partial charge in [-0.2, -0.15) is 0 Å². The number of thiocarbonyl (C=S) groups is 1. The smallest absolute Gasteiger partial charge is 0.174 e. The molecule has 0 saturated carbocycles. The number of ether oxygens (including phenoxy) is 1. The minimum atomic E-state index is -0.0900. The fourth-order valence-corrected chi connectivity index (χ4v) is 4.68. The zero-order valence-electron chi connectivity index (χ0n) is 18.3. The molecule has 3 aromatic heterocycles. The number of rotatable bonds is 7. The van der Waals surface area contributed by atoms with Crippen LogP contribution in [0.4, 0.5) is 5.69 Å². The molecule has 1 aliphatic heterocycles. The first-order valence-electron chi connectivity index (χ1n) is 11.0. The van der Waals surface area contributed by atoms with Crippen LogP contribution in [-0.2, 0) is 6.54 Å². The Hall–Kier alpha value is -3.71. The number of aromatic nitrogens is 3. The molecule has 166 valence electrons. The van der Waals surface area contributed by atoms with E-state index in [1.807, 2.05) is 55.7 Å². The largest absolute Gasteiger partial charge is 0.494 e. The quantitative estimate of drug-likeness (QED) is 0.400. The number of pyridine rings is 2. The average molecular weight is 456 g/mol. The molecule has 2 atom stereocenters. The molecule has 6 nitrogen and oxygen atoms in total. The number of benzene rings is 1. The summed E-state index contributed by atoms with van der Waals surface area (Å²) in [6.45, 7) is 3.35. The molecular weight excluding hydrogens is 430 g/mol. The number of anilines is 1. The fourth-order valence-electron chi connectivity index (χ4n) is 4.33. The highest BCUT2D eigenvalue weighted by atomic mass is 32.1. The van der Waals surface area contributed by atoms with Gasteiger partial charge in [-0.15, -0.1) is 0 Å². The lowest BCUT2D eigenvalue weighted by molar-refractivity contribution is 0.340. The minimum absolute atomic E-state index is 0.0722. The molecule has 1 fully saturated rings. The first-order valence-corrected chi connectivity index (χ1v) is 11.4. The number of hydrogen-bond donors (Lipinski definition) is 1. The summed E-state index contributed by atoms with van der Waals surface area (Å²) in [5.74, 6) is 0.845. The van der Waals surface area contributed by atoms with Crippen LogP contribution in [0.1, 0.15) is 36.0 Å². The van der Waals surface area contributed by atoms with Gasteiger partial charge in [-0.3, -0.25) is 9.97 Å². The van der Waals surface area contributed by atoms with Crippen molar-refractivity contribution in [2.45, 2.75) is 25.6 Å². The minimum Gasteiger partial charge on any atom is -0.494 e. The highest BCUT2D eigenvalue weighted by Gasteiger charge is 2.42. The predicted octanol–water partition coefficient (Wildman–Crippen LogP) is 4.90. The summed E-state index contributed by atoms with van der Waals surface area (Å²) < 4.78 is 7.90. The standard InChI is InChI=1S/C26H25N5OS/c1-2-32-21-12-10-20(11-13-21)31-25(24(29-26(31)33)22-8-3-4-15-28-22)23-9-6-16-30(23)18-19-7-5-14-27-17-19/h3-17,24-25H,2,18H2,1H3,(H,29,33)/t24-,25-/m1/s1. The van der Waals surface area contributed by atoms with Gasteiger partial charge in [0.1, 0.15) is 11.8 Å². The molecule has 33 heavy (non-hydrogen) atoms. The predicted molar refractivity (Wildman–Crippen MR) is 133 cm³/mol. The Bertz CT molecular complexity index is 1210. The van der Waals surface area contributed by atoms with E-state index in [1.54, 1.807) is 6.20 Å². The highest BCUT2D eigenvalue weighted by molar-refractivity contribution is 7.80. The summed E-state index contributed by atoms with van der Waals surface area (Å²) in [4.78, 5) is 11.1. The van der Waals surface area contributed by atoms with Crippen molar-refractivity contribution >= 4 is 23.0 Å². The molecule has 0 spiro atoms. The van der Waals surface area contributed by atoms with Crippen molar-refractivity contribution in [3.05, 3.63) is 108 Å². The molecule has 0 aliphatic carbocycles. The highest BCUT2D eigenvalue weighted by Crippen LogP contribution is 2.42. The second kappa shape index (κ2) is 9.42. The van der Waals surface area contributed by atoms with Gasteiger partial charge >= 0.3 is 0 Å². The van der Waals surface area contributed by atoms with Crippen LogP contribution in [0, 0.1) is 0 Å². The van der Waals surface area contributed by atoms with Crippen molar-refractivity contribution in [2.24, 2.45) is 0 Å². The molecule has 1 N–H and O–H groups in total. The Balaban J connectivity index is 1.56. The normalized spacial score (nSPS) is 17.7. The molecule has 1 aliphatic rings. The fraction of sp³-hybridized carbons (Fsp3) is 0.192. The van der Waals surface area contributed by atoms with E-state index in [9.17, 15) is 0 Å². The van der Waals surface area contributed by atoms with E-state index in [4.69, 9.17) is 17.0 Å². The van der Waals surface area contributed by atoms with Crippen molar-refractivity contribution in [3.63, 3.8) is 0 Å².